The molecule has 0 aliphatic carbocycles. The first-order valence-electron chi connectivity index (χ1n) is 10.5. The number of nitrogens with zero attached hydrogens (tertiary/aromatic N) is 1. The maximum atomic E-state index is 12.8. The molecule has 1 heterocycles. The molecule has 4 N–H and O–H groups in total. The minimum Gasteiger partial charge on any atom is -0.507 e. The molecule has 0 bridgehead atoms. The second-order valence-electron chi connectivity index (χ2n) is 8.53. The highest BCUT2D eigenvalue weighted by molar-refractivity contribution is 6.30. The van der Waals surface area contributed by atoms with E-state index in [0.29, 0.717) is 29.1 Å². The van der Waals surface area contributed by atoms with E-state index in [2.05, 4.69) is 30.4 Å². The van der Waals surface area contributed by atoms with E-state index in [9.17, 15) is 14.7 Å². The minimum absolute atomic E-state index is 0.117. The Morgan fingerprint density at radius 3 is 2.71 bits per heavy atom. The summed E-state index contributed by atoms with van der Waals surface area (Å²) in [6.45, 7) is 6.37. The van der Waals surface area contributed by atoms with Crippen LogP contribution in [0.15, 0.2) is 36.4 Å². The van der Waals surface area contributed by atoms with Gasteiger partial charge in [-0.3, -0.25) is 14.5 Å². The van der Waals surface area contributed by atoms with Crippen LogP contribution in [0.2, 0.25) is 5.02 Å². The van der Waals surface area contributed by atoms with Gasteiger partial charge in [0, 0.05) is 23.7 Å². The molecule has 1 fully saturated rings. The van der Waals surface area contributed by atoms with Crippen molar-refractivity contribution in [2.75, 3.05) is 6.54 Å². The van der Waals surface area contributed by atoms with Crippen LogP contribution in [0.3, 0.4) is 0 Å². The fraction of sp³-hybridized carbons (Fsp3) is 0.417. The van der Waals surface area contributed by atoms with Crippen LogP contribution in [0.4, 0.5) is 0 Å². The first-order chi connectivity index (χ1) is 14.7. The number of aromatic hydroxyl groups is 1. The van der Waals surface area contributed by atoms with Gasteiger partial charge in [0.2, 0.25) is 11.8 Å². The zero-order valence-electron chi connectivity index (χ0n) is 18.2. The number of rotatable bonds is 7. The fourth-order valence-electron chi connectivity index (χ4n) is 4.40. The molecule has 0 radical (unpaired) electrons. The topological polar surface area (TPSA) is 95.7 Å². The second-order valence-corrected chi connectivity index (χ2v) is 8.97. The zero-order chi connectivity index (χ0) is 22.7. The van der Waals surface area contributed by atoms with Crippen molar-refractivity contribution in [2.24, 2.45) is 11.7 Å². The quantitative estimate of drug-likeness (QED) is 0.612. The molecule has 2 amide bonds. The maximum absolute atomic E-state index is 12.8. The molecule has 1 aliphatic heterocycles. The number of amides is 2. The lowest BCUT2D eigenvalue weighted by atomic mass is 9.96. The van der Waals surface area contributed by atoms with Crippen LogP contribution in [0.25, 0.3) is 0 Å². The Morgan fingerprint density at radius 1 is 1.29 bits per heavy atom. The van der Waals surface area contributed by atoms with Gasteiger partial charge >= 0.3 is 0 Å². The van der Waals surface area contributed by atoms with E-state index < -0.39 is 18.0 Å². The first-order valence-corrected chi connectivity index (χ1v) is 10.9. The van der Waals surface area contributed by atoms with Gasteiger partial charge < -0.3 is 16.2 Å². The summed E-state index contributed by atoms with van der Waals surface area (Å²) in [7, 11) is 0. The van der Waals surface area contributed by atoms with E-state index >= 15 is 0 Å². The number of carbonyl (C=O) groups is 2. The number of phenols is 1. The standard InChI is InChI=1S/C24H30ClN3O3/c1-14-5-4-6-17(7-14)9-18-10-21(23(26)30)28(13-18)16(3)24(31)27-12-19-11-20(25)8-15(2)22(19)29/h4-8,11,16,18,21,29H,9-10,12-13H2,1-3H3,(H2,26,30)(H,27,31)/t16-,18?,21?/m0/s1. The Kier molecular flexibility index (Phi) is 7.23. The molecule has 7 heteroatoms. The van der Waals surface area contributed by atoms with E-state index in [4.69, 9.17) is 17.3 Å². The van der Waals surface area contributed by atoms with Crippen LogP contribution in [-0.2, 0) is 22.6 Å². The highest BCUT2D eigenvalue weighted by Crippen LogP contribution is 2.29. The van der Waals surface area contributed by atoms with Crippen molar-refractivity contribution in [2.45, 2.75) is 52.2 Å². The number of benzene rings is 2. The third-order valence-electron chi connectivity index (χ3n) is 6.04. The van der Waals surface area contributed by atoms with E-state index in [1.807, 2.05) is 11.0 Å². The molecule has 2 unspecified atom stereocenters. The smallest absolute Gasteiger partial charge is 0.237 e. The predicted octanol–water partition coefficient (Wildman–Crippen LogP) is 3.09. The van der Waals surface area contributed by atoms with E-state index in [0.717, 1.165) is 6.42 Å². The number of primary amides is 1. The number of likely N-dealkylation sites (tertiary alicyclic amines) is 1. The van der Waals surface area contributed by atoms with Crippen LogP contribution in [-0.4, -0.2) is 40.4 Å². The van der Waals surface area contributed by atoms with Crippen molar-refractivity contribution in [3.63, 3.8) is 0 Å². The molecule has 2 aromatic carbocycles. The zero-order valence-corrected chi connectivity index (χ0v) is 18.9. The summed E-state index contributed by atoms with van der Waals surface area (Å²) in [5.41, 5.74) is 9.29. The summed E-state index contributed by atoms with van der Waals surface area (Å²) in [5.74, 6) is -0.269. The second kappa shape index (κ2) is 9.71. The predicted molar refractivity (Wildman–Crippen MR) is 122 cm³/mol. The average Bonchev–Trinajstić information content (AvgIpc) is 3.12. The van der Waals surface area contributed by atoms with Gasteiger partial charge in [0.25, 0.3) is 0 Å². The van der Waals surface area contributed by atoms with Crippen molar-refractivity contribution in [3.8, 4) is 5.75 Å². The van der Waals surface area contributed by atoms with Crippen molar-refractivity contribution >= 4 is 23.4 Å². The Hall–Kier alpha value is -2.57. The van der Waals surface area contributed by atoms with E-state index in [1.165, 1.54) is 11.1 Å². The lowest BCUT2D eigenvalue weighted by Gasteiger charge is -2.28. The SMILES string of the molecule is Cc1cccc(CC2CC(C(N)=O)N([C@@H](C)C(=O)NCc3cc(Cl)cc(C)c3O)C2)c1. The molecule has 1 aliphatic rings. The molecule has 0 spiro atoms. The number of carbonyl (C=O) groups excluding carboxylic acids is 2. The Bertz CT molecular complexity index is 979. The molecule has 2 aromatic rings. The largest absolute Gasteiger partial charge is 0.507 e. The summed E-state index contributed by atoms with van der Waals surface area (Å²) in [4.78, 5) is 26.8. The van der Waals surface area contributed by atoms with Crippen LogP contribution in [0.1, 0.15) is 35.6 Å². The molecule has 6 nitrogen and oxygen atoms in total. The number of aryl methyl sites for hydroxylation is 2. The summed E-state index contributed by atoms with van der Waals surface area (Å²) in [6.07, 6.45) is 1.47. The number of nitrogens with one attached hydrogen (secondary N) is 1. The number of phenolic OH excluding ortho intramolecular Hbond substituents is 1. The maximum Gasteiger partial charge on any atom is 0.237 e. The molecule has 31 heavy (non-hydrogen) atoms. The Labute approximate surface area is 188 Å². The molecule has 3 rings (SSSR count). The number of halogens is 1. The fourth-order valence-corrected chi connectivity index (χ4v) is 4.69. The molecule has 1 saturated heterocycles. The highest BCUT2D eigenvalue weighted by atomic mass is 35.5. The van der Waals surface area contributed by atoms with Gasteiger partial charge in [-0.1, -0.05) is 41.4 Å². The van der Waals surface area contributed by atoms with Crippen LogP contribution >= 0.6 is 11.6 Å². The van der Waals surface area contributed by atoms with Gasteiger partial charge in [-0.25, -0.2) is 0 Å². The first kappa shape index (κ1) is 23.1. The molecule has 0 saturated carbocycles. The van der Waals surface area contributed by atoms with Crippen LogP contribution in [0, 0.1) is 19.8 Å². The summed E-state index contributed by atoms with van der Waals surface area (Å²) in [6, 6.07) is 10.6. The third kappa shape index (κ3) is 5.57. The lowest BCUT2D eigenvalue weighted by molar-refractivity contribution is -0.129. The number of nitrogens with two attached hydrogens (primary N) is 1. The normalized spacial score (nSPS) is 19.9. The molecule has 3 atom stereocenters. The van der Waals surface area contributed by atoms with Gasteiger partial charge in [-0.05, 0) is 62.8 Å². The Balaban J connectivity index is 1.66. The summed E-state index contributed by atoms with van der Waals surface area (Å²) < 4.78 is 0. The highest BCUT2D eigenvalue weighted by Gasteiger charge is 2.40. The monoisotopic (exact) mass is 443 g/mol. The third-order valence-corrected chi connectivity index (χ3v) is 6.25. The lowest BCUT2D eigenvalue weighted by Crippen LogP contribution is -2.51. The number of hydrogen-bond acceptors (Lipinski definition) is 4. The minimum atomic E-state index is -0.526. The molecule has 166 valence electrons. The summed E-state index contributed by atoms with van der Waals surface area (Å²) >= 11 is 6.07. The van der Waals surface area contributed by atoms with Gasteiger partial charge in [-0.15, -0.1) is 0 Å². The average molecular weight is 444 g/mol. The van der Waals surface area contributed by atoms with E-state index in [-0.39, 0.29) is 24.1 Å². The van der Waals surface area contributed by atoms with Crippen molar-refractivity contribution in [1.29, 1.82) is 0 Å². The number of hydrogen-bond donors (Lipinski definition) is 3. The molecular formula is C24H30ClN3O3. The summed E-state index contributed by atoms with van der Waals surface area (Å²) in [5, 5.41) is 13.6. The van der Waals surface area contributed by atoms with Crippen molar-refractivity contribution in [1.82, 2.24) is 10.2 Å². The van der Waals surface area contributed by atoms with Gasteiger partial charge in [0.05, 0.1) is 12.1 Å². The molecule has 0 aromatic heterocycles. The van der Waals surface area contributed by atoms with Crippen LogP contribution in [0.5, 0.6) is 5.75 Å². The van der Waals surface area contributed by atoms with Crippen LogP contribution < -0.4 is 11.1 Å². The van der Waals surface area contributed by atoms with E-state index in [1.54, 1.807) is 26.0 Å². The Morgan fingerprint density at radius 2 is 2.03 bits per heavy atom. The van der Waals surface area contributed by atoms with Gasteiger partial charge in [0.1, 0.15) is 5.75 Å². The molecular weight excluding hydrogens is 414 g/mol. The van der Waals surface area contributed by atoms with Crippen molar-refractivity contribution in [3.05, 3.63) is 63.7 Å². The van der Waals surface area contributed by atoms with Crippen molar-refractivity contribution < 1.29 is 14.7 Å². The van der Waals surface area contributed by atoms with Gasteiger partial charge in [0.15, 0.2) is 0 Å². The van der Waals surface area contributed by atoms with Gasteiger partial charge in [-0.2, -0.15) is 0 Å².